The molecular weight excluding hydrogens is 521 g/mol. The Morgan fingerprint density at radius 1 is 1.10 bits per heavy atom. The molecule has 2 N–H and O–H groups in total. The Bertz CT molecular complexity index is 1060. The fraction of sp³-hybridized carbons (Fsp3) is 0.0526. The molecule has 1 heterocycles. The molecule has 0 aliphatic heterocycles. The number of halogens is 5. The van der Waals surface area contributed by atoms with Crippen LogP contribution in [0.1, 0.15) is 15.9 Å². The predicted octanol–water partition coefficient (Wildman–Crippen LogP) is 6.38. The molecule has 150 valence electrons. The Balaban J connectivity index is 1.72. The number of ether oxygens (including phenoxy) is 1. The molecule has 10 heteroatoms. The van der Waals surface area contributed by atoms with Gasteiger partial charge in [0.2, 0.25) is 5.88 Å². The molecule has 5 nitrogen and oxygen atoms in total. The minimum atomic E-state index is -4.48. The Morgan fingerprint density at radius 2 is 1.86 bits per heavy atom. The number of rotatable bonds is 4. The van der Waals surface area contributed by atoms with Crippen molar-refractivity contribution in [3.63, 3.8) is 0 Å². The van der Waals surface area contributed by atoms with E-state index in [1.165, 1.54) is 36.5 Å². The molecule has 29 heavy (non-hydrogen) atoms. The van der Waals surface area contributed by atoms with Crippen LogP contribution >= 0.6 is 31.9 Å². The summed E-state index contributed by atoms with van der Waals surface area (Å²) in [4.78, 5) is 16.3. The van der Waals surface area contributed by atoms with Gasteiger partial charge in [-0.2, -0.15) is 13.2 Å². The van der Waals surface area contributed by atoms with Crippen LogP contribution in [0.3, 0.4) is 0 Å². The standard InChI is InChI=1S/C19H11Br2F3N2O3/c20-11-7-14(17(27)15(21)8-11)18(28)26-12-4-5-16(25-9-12)29-13-3-1-2-10(6-13)19(22,23)24/h1-9,27H,(H,26,28). The van der Waals surface area contributed by atoms with E-state index in [9.17, 15) is 23.1 Å². The highest BCUT2D eigenvalue weighted by Gasteiger charge is 2.30. The number of aromatic hydroxyl groups is 1. The van der Waals surface area contributed by atoms with Crippen molar-refractivity contribution in [2.24, 2.45) is 0 Å². The second-order valence-corrected chi connectivity index (χ2v) is 7.52. The van der Waals surface area contributed by atoms with Gasteiger partial charge in [0.1, 0.15) is 11.5 Å². The molecule has 0 atom stereocenters. The summed E-state index contributed by atoms with van der Waals surface area (Å²) in [5, 5.41) is 12.6. The number of carbonyl (C=O) groups is 1. The number of hydrogen-bond acceptors (Lipinski definition) is 4. The number of nitrogens with zero attached hydrogens (tertiary/aromatic N) is 1. The number of phenolic OH excluding ortho intramolecular Hbond substituents is 1. The molecule has 0 spiro atoms. The van der Waals surface area contributed by atoms with Crippen LogP contribution < -0.4 is 10.1 Å². The predicted molar refractivity (Wildman–Crippen MR) is 107 cm³/mol. The topological polar surface area (TPSA) is 71.5 Å². The van der Waals surface area contributed by atoms with Gasteiger partial charge in [0.05, 0.1) is 27.5 Å². The molecule has 0 aliphatic carbocycles. The minimum Gasteiger partial charge on any atom is -0.506 e. The van der Waals surface area contributed by atoms with E-state index in [0.717, 1.165) is 12.1 Å². The third-order valence-corrected chi connectivity index (χ3v) is 4.71. The van der Waals surface area contributed by atoms with Gasteiger partial charge in [-0.05, 0) is 52.3 Å². The largest absolute Gasteiger partial charge is 0.506 e. The van der Waals surface area contributed by atoms with Gasteiger partial charge in [0, 0.05) is 10.5 Å². The quantitative estimate of drug-likeness (QED) is 0.410. The molecule has 0 aliphatic rings. The van der Waals surface area contributed by atoms with Gasteiger partial charge < -0.3 is 15.2 Å². The van der Waals surface area contributed by atoms with E-state index in [2.05, 4.69) is 42.2 Å². The number of phenols is 1. The Morgan fingerprint density at radius 3 is 2.52 bits per heavy atom. The second kappa shape index (κ2) is 8.42. The second-order valence-electron chi connectivity index (χ2n) is 5.75. The SMILES string of the molecule is O=C(Nc1ccc(Oc2cccc(C(F)(F)F)c2)nc1)c1cc(Br)cc(Br)c1O. The molecule has 0 radical (unpaired) electrons. The first-order chi connectivity index (χ1) is 13.6. The van der Waals surface area contributed by atoms with Crippen LogP contribution in [0.4, 0.5) is 18.9 Å². The van der Waals surface area contributed by atoms with Gasteiger partial charge in [-0.1, -0.05) is 22.0 Å². The Kier molecular flexibility index (Phi) is 6.13. The van der Waals surface area contributed by atoms with Crippen LogP contribution in [0.15, 0.2) is 63.7 Å². The van der Waals surface area contributed by atoms with Crippen molar-refractivity contribution in [1.29, 1.82) is 0 Å². The average Bonchev–Trinajstić information content (AvgIpc) is 2.65. The summed E-state index contributed by atoms with van der Waals surface area (Å²) >= 11 is 6.39. The van der Waals surface area contributed by atoms with E-state index >= 15 is 0 Å². The molecular formula is C19H11Br2F3N2O3. The lowest BCUT2D eigenvalue weighted by atomic mass is 10.2. The van der Waals surface area contributed by atoms with Crippen LogP contribution in [0.5, 0.6) is 17.4 Å². The van der Waals surface area contributed by atoms with Crippen LogP contribution in [0, 0.1) is 0 Å². The summed E-state index contributed by atoms with van der Waals surface area (Å²) in [7, 11) is 0. The smallest absolute Gasteiger partial charge is 0.416 e. The number of alkyl halides is 3. The molecule has 0 unspecified atom stereocenters. The first-order valence-corrected chi connectivity index (χ1v) is 9.52. The van der Waals surface area contributed by atoms with Gasteiger partial charge in [-0.3, -0.25) is 4.79 Å². The lowest BCUT2D eigenvalue weighted by Crippen LogP contribution is -2.12. The van der Waals surface area contributed by atoms with E-state index in [4.69, 9.17) is 4.74 Å². The minimum absolute atomic E-state index is 0.0204. The van der Waals surface area contributed by atoms with Crippen molar-refractivity contribution >= 4 is 43.5 Å². The third kappa shape index (κ3) is 5.27. The zero-order chi connectivity index (χ0) is 21.2. The maximum absolute atomic E-state index is 12.8. The molecule has 1 amide bonds. The number of nitrogens with one attached hydrogen (secondary N) is 1. The van der Waals surface area contributed by atoms with E-state index in [0.29, 0.717) is 14.6 Å². The normalized spacial score (nSPS) is 11.2. The zero-order valence-electron chi connectivity index (χ0n) is 14.3. The highest BCUT2D eigenvalue weighted by Crippen LogP contribution is 2.33. The van der Waals surface area contributed by atoms with Crippen molar-refractivity contribution in [1.82, 2.24) is 4.98 Å². The maximum Gasteiger partial charge on any atom is 0.416 e. The molecule has 3 aromatic rings. The average molecular weight is 532 g/mol. The van der Waals surface area contributed by atoms with Crippen molar-refractivity contribution in [2.75, 3.05) is 5.32 Å². The molecule has 0 fully saturated rings. The van der Waals surface area contributed by atoms with Crippen molar-refractivity contribution in [2.45, 2.75) is 6.18 Å². The van der Waals surface area contributed by atoms with Crippen LogP contribution in [0.2, 0.25) is 0 Å². The van der Waals surface area contributed by atoms with E-state index < -0.39 is 17.6 Å². The van der Waals surface area contributed by atoms with Crippen molar-refractivity contribution < 1.29 is 27.8 Å². The summed E-state index contributed by atoms with van der Waals surface area (Å²) < 4.78 is 44.6. The van der Waals surface area contributed by atoms with Gasteiger partial charge in [0.25, 0.3) is 5.91 Å². The highest BCUT2D eigenvalue weighted by molar-refractivity contribution is 9.11. The third-order valence-electron chi connectivity index (χ3n) is 3.65. The summed E-state index contributed by atoms with van der Waals surface area (Å²) in [6, 6.07) is 10.3. The molecule has 2 aromatic carbocycles. The molecule has 1 aromatic heterocycles. The lowest BCUT2D eigenvalue weighted by molar-refractivity contribution is -0.137. The Labute approximate surface area is 179 Å². The van der Waals surface area contributed by atoms with Crippen molar-refractivity contribution in [3.05, 3.63) is 74.8 Å². The lowest BCUT2D eigenvalue weighted by Gasteiger charge is -2.11. The Hall–Kier alpha value is -2.59. The van der Waals surface area contributed by atoms with Crippen LogP contribution in [-0.2, 0) is 6.18 Å². The number of carbonyl (C=O) groups excluding carboxylic acids is 1. The first-order valence-electron chi connectivity index (χ1n) is 7.94. The number of aromatic nitrogens is 1. The summed E-state index contributed by atoms with van der Waals surface area (Å²) in [6.45, 7) is 0. The van der Waals surface area contributed by atoms with E-state index in [1.54, 1.807) is 6.07 Å². The van der Waals surface area contributed by atoms with Gasteiger partial charge >= 0.3 is 6.18 Å². The summed E-state index contributed by atoms with van der Waals surface area (Å²) in [5.41, 5.74) is -0.490. The van der Waals surface area contributed by atoms with Gasteiger partial charge in [0.15, 0.2) is 0 Å². The number of benzene rings is 2. The van der Waals surface area contributed by atoms with E-state index in [-0.39, 0.29) is 22.9 Å². The summed E-state index contributed by atoms with van der Waals surface area (Å²) in [6.07, 6.45) is -3.20. The summed E-state index contributed by atoms with van der Waals surface area (Å²) in [5.74, 6) is -0.760. The first kappa shape index (κ1) is 21.1. The highest BCUT2D eigenvalue weighted by atomic mass is 79.9. The molecule has 0 bridgehead atoms. The zero-order valence-corrected chi connectivity index (χ0v) is 17.5. The van der Waals surface area contributed by atoms with Crippen molar-refractivity contribution in [3.8, 4) is 17.4 Å². The van der Waals surface area contributed by atoms with Gasteiger partial charge in [-0.25, -0.2) is 4.98 Å². The van der Waals surface area contributed by atoms with E-state index in [1.807, 2.05) is 0 Å². The number of pyridine rings is 1. The molecule has 3 rings (SSSR count). The van der Waals surface area contributed by atoms with Gasteiger partial charge in [-0.15, -0.1) is 0 Å². The fourth-order valence-corrected chi connectivity index (χ4v) is 3.53. The van der Waals surface area contributed by atoms with Crippen LogP contribution in [0.25, 0.3) is 0 Å². The number of hydrogen-bond donors (Lipinski definition) is 2. The van der Waals surface area contributed by atoms with Crippen LogP contribution in [-0.4, -0.2) is 16.0 Å². The number of amides is 1. The molecule has 0 saturated heterocycles. The maximum atomic E-state index is 12.8. The number of anilines is 1. The monoisotopic (exact) mass is 530 g/mol. The fourth-order valence-electron chi connectivity index (χ4n) is 2.31. The molecule has 0 saturated carbocycles.